The summed E-state index contributed by atoms with van der Waals surface area (Å²) in [5.74, 6) is -0.706. The molecule has 10 nitrogen and oxygen atoms in total. The van der Waals surface area contributed by atoms with Crippen LogP contribution < -0.4 is 16.0 Å². The first kappa shape index (κ1) is 20.6. The lowest BCUT2D eigenvalue weighted by atomic mass is 10.2. The van der Waals surface area contributed by atoms with Crippen molar-refractivity contribution in [1.29, 1.82) is 0 Å². The van der Waals surface area contributed by atoms with E-state index in [4.69, 9.17) is 9.47 Å². The molecule has 1 aromatic rings. The second-order valence-electron chi connectivity index (χ2n) is 7.00. The molecule has 0 saturated heterocycles. The molecule has 25 heavy (non-hydrogen) atoms. The topological polar surface area (TPSA) is 132 Å². The molecule has 1 rings (SSSR count). The summed E-state index contributed by atoms with van der Waals surface area (Å²) in [6.45, 7) is 10.0. The summed E-state index contributed by atoms with van der Waals surface area (Å²) in [6.07, 6.45) is -1.82. The van der Waals surface area contributed by atoms with E-state index in [1.54, 1.807) is 41.5 Å². The molecule has 0 saturated carbocycles. The zero-order valence-corrected chi connectivity index (χ0v) is 15.8. The van der Waals surface area contributed by atoms with Gasteiger partial charge in [-0.3, -0.25) is 15.4 Å². The Morgan fingerprint density at radius 1 is 1.00 bits per heavy atom. The lowest BCUT2D eigenvalue weighted by Crippen LogP contribution is -2.56. The largest absolute Gasteiger partial charge is 0.444 e. The third-order valence-electron chi connectivity index (χ3n) is 2.19. The van der Waals surface area contributed by atoms with Crippen LogP contribution in [0.5, 0.6) is 0 Å². The Morgan fingerprint density at radius 2 is 1.48 bits per heavy atom. The molecule has 1 heterocycles. The third-order valence-corrected chi connectivity index (χ3v) is 2.77. The maximum absolute atomic E-state index is 12.3. The van der Waals surface area contributed by atoms with Crippen LogP contribution in [0.15, 0.2) is 6.20 Å². The Morgan fingerprint density at radius 3 is 1.84 bits per heavy atom. The zero-order valence-electron chi connectivity index (χ0n) is 15.0. The minimum Gasteiger partial charge on any atom is -0.444 e. The third kappa shape index (κ3) is 8.84. The van der Waals surface area contributed by atoms with E-state index < -0.39 is 35.5 Å². The van der Waals surface area contributed by atoms with Gasteiger partial charge in [0.05, 0.1) is 6.20 Å². The molecule has 0 aliphatic heterocycles. The lowest BCUT2D eigenvalue weighted by molar-refractivity contribution is -0.119. The molecule has 1 aromatic heterocycles. The Balaban J connectivity index is 2.79. The SMILES string of the molecule is CC(C)(C)OC(=O)NC(NC(=O)OC(C)(C)C)C(=O)Nc1cnns1. The highest BCUT2D eigenvalue weighted by molar-refractivity contribution is 7.10. The summed E-state index contributed by atoms with van der Waals surface area (Å²) in [4.78, 5) is 36.1. The van der Waals surface area contributed by atoms with E-state index in [0.717, 1.165) is 11.5 Å². The van der Waals surface area contributed by atoms with Crippen LogP contribution in [-0.4, -0.2) is 45.0 Å². The van der Waals surface area contributed by atoms with Crippen molar-refractivity contribution >= 4 is 34.6 Å². The van der Waals surface area contributed by atoms with Gasteiger partial charge in [0.15, 0.2) is 6.17 Å². The quantitative estimate of drug-likeness (QED) is 0.686. The predicted molar refractivity (Wildman–Crippen MR) is 91.1 cm³/mol. The highest BCUT2D eigenvalue weighted by atomic mass is 32.1. The summed E-state index contributed by atoms with van der Waals surface area (Å²) in [7, 11) is 0. The second kappa shape index (κ2) is 8.10. The molecule has 3 amide bonds. The molecule has 0 atom stereocenters. The summed E-state index contributed by atoms with van der Waals surface area (Å²) in [5, 5.41) is 11.0. The van der Waals surface area contributed by atoms with Crippen molar-refractivity contribution < 1.29 is 23.9 Å². The molecule has 140 valence electrons. The maximum Gasteiger partial charge on any atom is 0.409 e. The van der Waals surface area contributed by atoms with Gasteiger partial charge >= 0.3 is 12.2 Å². The molecule has 0 aliphatic rings. The number of nitrogens with zero attached hydrogens (tertiary/aromatic N) is 2. The number of anilines is 1. The van der Waals surface area contributed by atoms with Crippen molar-refractivity contribution in [3.63, 3.8) is 0 Å². The summed E-state index contributed by atoms with van der Waals surface area (Å²) < 4.78 is 13.8. The molecule has 0 aliphatic carbocycles. The van der Waals surface area contributed by atoms with E-state index in [2.05, 4.69) is 25.5 Å². The first-order valence-corrected chi connectivity index (χ1v) is 8.20. The highest BCUT2D eigenvalue weighted by Crippen LogP contribution is 2.11. The first-order chi connectivity index (χ1) is 11.4. The number of hydrogen-bond acceptors (Lipinski definition) is 8. The first-order valence-electron chi connectivity index (χ1n) is 7.43. The normalized spacial score (nSPS) is 11.6. The number of carbonyl (C=O) groups is 3. The minimum absolute atomic E-state index is 0.354. The van der Waals surface area contributed by atoms with Gasteiger partial charge in [0, 0.05) is 11.5 Å². The van der Waals surface area contributed by atoms with Gasteiger partial charge in [0.1, 0.15) is 16.2 Å². The van der Waals surface area contributed by atoms with Crippen molar-refractivity contribution in [3.8, 4) is 0 Å². The van der Waals surface area contributed by atoms with E-state index in [9.17, 15) is 14.4 Å². The van der Waals surface area contributed by atoms with Gasteiger partial charge in [-0.2, -0.15) is 0 Å². The molecule has 0 unspecified atom stereocenters. The Hall–Kier alpha value is -2.43. The van der Waals surface area contributed by atoms with Crippen LogP contribution in [0, 0.1) is 0 Å². The molecule has 0 spiro atoms. The standard InChI is InChI=1S/C14H23N5O5S/c1-13(2,3)23-11(21)17-9(18-12(22)24-14(4,5)6)10(20)16-8-7-15-19-25-8/h7,9H,1-6H3,(H,16,20)(H,17,21)(H,18,22). The van der Waals surface area contributed by atoms with Crippen molar-refractivity contribution in [1.82, 2.24) is 20.2 Å². The fourth-order valence-corrected chi connectivity index (χ4v) is 1.86. The minimum atomic E-state index is -1.41. The molecule has 0 radical (unpaired) electrons. The number of rotatable bonds is 4. The summed E-state index contributed by atoms with van der Waals surface area (Å²) in [6, 6.07) is 0. The number of alkyl carbamates (subject to hydrolysis) is 2. The van der Waals surface area contributed by atoms with Crippen LogP contribution in [0.4, 0.5) is 14.6 Å². The Labute approximate surface area is 149 Å². The number of carbonyl (C=O) groups excluding carboxylic acids is 3. The van der Waals surface area contributed by atoms with Gasteiger partial charge in [-0.25, -0.2) is 9.59 Å². The van der Waals surface area contributed by atoms with Crippen LogP contribution >= 0.6 is 11.5 Å². The van der Waals surface area contributed by atoms with Crippen LogP contribution in [0.1, 0.15) is 41.5 Å². The number of hydrogen-bond donors (Lipinski definition) is 3. The maximum atomic E-state index is 12.3. The molecule has 0 aromatic carbocycles. The average molecular weight is 373 g/mol. The van der Waals surface area contributed by atoms with E-state index in [0.29, 0.717) is 5.00 Å². The highest BCUT2D eigenvalue weighted by Gasteiger charge is 2.28. The van der Waals surface area contributed by atoms with E-state index in [1.165, 1.54) is 6.20 Å². The molecule has 0 bridgehead atoms. The molecule has 3 N–H and O–H groups in total. The Kier molecular flexibility index (Phi) is 6.68. The van der Waals surface area contributed by atoms with E-state index in [1.807, 2.05) is 0 Å². The molecule has 11 heteroatoms. The van der Waals surface area contributed by atoms with Gasteiger partial charge < -0.3 is 14.8 Å². The fourth-order valence-electron chi connectivity index (χ4n) is 1.43. The molecular formula is C14H23N5O5S. The smallest absolute Gasteiger partial charge is 0.409 e. The van der Waals surface area contributed by atoms with Gasteiger partial charge in [0.25, 0.3) is 5.91 Å². The number of amides is 3. The van der Waals surface area contributed by atoms with Crippen LogP contribution in [0.3, 0.4) is 0 Å². The number of nitrogens with one attached hydrogen (secondary N) is 3. The van der Waals surface area contributed by atoms with Crippen molar-refractivity contribution in [2.75, 3.05) is 5.32 Å². The van der Waals surface area contributed by atoms with Crippen LogP contribution in [0.25, 0.3) is 0 Å². The van der Waals surface area contributed by atoms with Crippen LogP contribution in [0.2, 0.25) is 0 Å². The Bertz CT molecular complexity index is 576. The van der Waals surface area contributed by atoms with Gasteiger partial charge in [-0.05, 0) is 41.5 Å². The van der Waals surface area contributed by atoms with Crippen LogP contribution in [-0.2, 0) is 14.3 Å². The average Bonchev–Trinajstić information content (AvgIpc) is 2.86. The van der Waals surface area contributed by atoms with E-state index in [-0.39, 0.29) is 0 Å². The monoisotopic (exact) mass is 373 g/mol. The van der Waals surface area contributed by atoms with E-state index >= 15 is 0 Å². The van der Waals surface area contributed by atoms with Crippen molar-refractivity contribution in [2.24, 2.45) is 0 Å². The summed E-state index contributed by atoms with van der Waals surface area (Å²) >= 11 is 0.945. The van der Waals surface area contributed by atoms with Crippen molar-refractivity contribution in [2.45, 2.75) is 58.9 Å². The number of ether oxygens (including phenoxy) is 2. The molecular weight excluding hydrogens is 350 g/mol. The van der Waals surface area contributed by atoms with Gasteiger partial charge in [0.2, 0.25) is 0 Å². The predicted octanol–water partition coefficient (Wildman–Crippen LogP) is 1.85. The van der Waals surface area contributed by atoms with Gasteiger partial charge in [-0.1, -0.05) is 4.49 Å². The fraction of sp³-hybridized carbons (Fsp3) is 0.643. The van der Waals surface area contributed by atoms with Crippen molar-refractivity contribution in [3.05, 3.63) is 6.20 Å². The summed E-state index contributed by atoms with van der Waals surface area (Å²) in [5.41, 5.74) is -1.53. The molecule has 0 fully saturated rings. The van der Waals surface area contributed by atoms with Gasteiger partial charge in [-0.15, -0.1) is 5.10 Å². The second-order valence-corrected chi connectivity index (χ2v) is 7.78. The zero-order chi connectivity index (χ0) is 19.3. The lowest BCUT2D eigenvalue weighted by Gasteiger charge is -2.25. The number of aromatic nitrogens is 2.